The van der Waals surface area contributed by atoms with Crippen molar-refractivity contribution in [2.75, 3.05) is 40.3 Å². The lowest BCUT2D eigenvalue weighted by atomic mass is 9.96. The van der Waals surface area contributed by atoms with E-state index in [0.29, 0.717) is 19.0 Å². The minimum Gasteiger partial charge on any atom is -0.480 e. The molecule has 2 fully saturated rings. The molecule has 0 saturated carbocycles. The largest absolute Gasteiger partial charge is 0.480 e. The first-order valence-corrected chi connectivity index (χ1v) is 7.49. The van der Waals surface area contributed by atoms with Crippen molar-refractivity contribution in [3.63, 3.8) is 0 Å². The summed E-state index contributed by atoms with van der Waals surface area (Å²) in [7, 11) is 4.08. The van der Waals surface area contributed by atoms with Crippen LogP contribution in [-0.2, 0) is 4.79 Å². The van der Waals surface area contributed by atoms with Crippen molar-refractivity contribution in [3.8, 4) is 0 Å². The summed E-state index contributed by atoms with van der Waals surface area (Å²) in [5.41, 5.74) is 0. The number of aliphatic hydroxyl groups excluding tert-OH is 1. The summed E-state index contributed by atoms with van der Waals surface area (Å²) in [6.07, 6.45) is 1.27. The van der Waals surface area contributed by atoms with E-state index >= 15 is 0 Å². The first kappa shape index (κ1) is 16.0. The number of carboxylic acid groups (broad SMARTS) is 1. The van der Waals surface area contributed by atoms with Gasteiger partial charge in [0.1, 0.15) is 6.04 Å². The van der Waals surface area contributed by atoms with Gasteiger partial charge in [-0.15, -0.1) is 0 Å². The molecule has 2 aliphatic heterocycles. The molecule has 2 N–H and O–H groups in total. The molecule has 2 rings (SSSR count). The van der Waals surface area contributed by atoms with Crippen LogP contribution in [0.3, 0.4) is 0 Å². The molecule has 0 aromatic carbocycles. The van der Waals surface area contributed by atoms with Crippen molar-refractivity contribution >= 4 is 12.0 Å². The van der Waals surface area contributed by atoms with Gasteiger partial charge in [-0.3, -0.25) is 0 Å². The van der Waals surface area contributed by atoms with Gasteiger partial charge in [-0.25, -0.2) is 9.59 Å². The maximum atomic E-state index is 12.5. The Morgan fingerprint density at radius 3 is 2.38 bits per heavy atom. The highest BCUT2D eigenvalue weighted by atomic mass is 16.4. The van der Waals surface area contributed by atoms with Gasteiger partial charge in [0.15, 0.2) is 0 Å². The van der Waals surface area contributed by atoms with E-state index in [1.807, 2.05) is 14.1 Å². The normalized spacial score (nSPS) is 27.4. The molecule has 7 nitrogen and oxygen atoms in total. The van der Waals surface area contributed by atoms with E-state index in [4.69, 9.17) is 5.11 Å². The number of carbonyl (C=O) groups excluding carboxylic acids is 1. The van der Waals surface area contributed by atoms with Crippen molar-refractivity contribution in [2.24, 2.45) is 5.92 Å². The lowest BCUT2D eigenvalue weighted by molar-refractivity contribution is -0.141. The van der Waals surface area contributed by atoms with Gasteiger partial charge in [0.25, 0.3) is 0 Å². The molecule has 2 amide bonds. The molecule has 2 aliphatic rings. The van der Waals surface area contributed by atoms with E-state index in [2.05, 4.69) is 4.90 Å². The van der Waals surface area contributed by atoms with Gasteiger partial charge in [0.2, 0.25) is 0 Å². The zero-order valence-corrected chi connectivity index (χ0v) is 12.7. The third-order valence-corrected chi connectivity index (χ3v) is 4.32. The van der Waals surface area contributed by atoms with E-state index in [1.165, 1.54) is 4.90 Å². The van der Waals surface area contributed by atoms with Gasteiger partial charge in [-0.05, 0) is 32.9 Å². The minimum absolute atomic E-state index is 0.118. The molecule has 2 saturated heterocycles. The highest BCUT2D eigenvalue weighted by Crippen LogP contribution is 2.23. The summed E-state index contributed by atoms with van der Waals surface area (Å²) in [6.45, 7) is 2.46. The highest BCUT2D eigenvalue weighted by molar-refractivity contribution is 5.83. The van der Waals surface area contributed by atoms with Crippen LogP contribution in [0.2, 0.25) is 0 Å². The van der Waals surface area contributed by atoms with Crippen LogP contribution < -0.4 is 0 Å². The summed E-state index contributed by atoms with van der Waals surface area (Å²) in [6, 6.07) is -1.14. The number of nitrogens with zero attached hydrogens (tertiary/aromatic N) is 3. The second kappa shape index (κ2) is 6.62. The predicted octanol–water partition coefficient (Wildman–Crippen LogP) is -0.100. The number of carboxylic acids is 1. The van der Waals surface area contributed by atoms with Crippen molar-refractivity contribution in [2.45, 2.75) is 31.4 Å². The summed E-state index contributed by atoms with van der Waals surface area (Å²) in [5.74, 6) is -0.453. The quantitative estimate of drug-likeness (QED) is 0.760. The van der Waals surface area contributed by atoms with E-state index in [1.54, 1.807) is 4.90 Å². The Morgan fingerprint density at radius 2 is 1.86 bits per heavy atom. The fourth-order valence-electron chi connectivity index (χ4n) is 3.26. The van der Waals surface area contributed by atoms with Crippen molar-refractivity contribution in [1.29, 1.82) is 0 Å². The fraction of sp³-hybridized carbons (Fsp3) is 0.857. The monoisotopic (exact) mass is 299 g/mol. The molecule has 0 bridgehead atoms. The number of piperidine rings is 1. The number of hydrogen-bond donors (Lipinski definition) is 2. The molecule has 0 spiro atoms. The van der Waals surface area contributed by atoms with Crippen LogP contribution in [0.4, 0.5) is 4.79 Å². The van der Waals surface area contributed by atoms with Gasteiger partial charge >= 0.3 is 12.0 Å². The molecular weight excluding hydrogens is 274 g/mol. The van der Waals surface area contributed by atoms with Crippen LogP contribution in [0.1, 0.15) is 19.3 Å². The molecule has 120 valence electrons. The molecular formula is C14H25N3O4. The third-order valence-electron chi connectivity index (χ3n) is 4.32. The summed E-state index contributed by atoms with van der Waals surface area (Å²) in [5, 5.41) is 18.8. The Hall–Kier alpha value is -1.34. The van der Waals surface area contributed by atoms with Crippen molar-refractivity contribution in [1.82, 2.24) is 14.7 Å². The topological polar surface area (TPSA) is 84.3 Å². The molecule has 7 heteroatoms. The third kappa shape index (κ3) is 3.85. The Labute approximate surface area is 125 Å². The zero-order valence-electron chi connectivity index (χ0n) is 12.7. The second-order valence-electron chi connectivity index (χ2n) is 6.37. The predicted molar refractivity (Wildman–Crippen MR) is 77.0 cm³/mol. The molecule has 2 unspecified atom stereocenters. The zero-order chi connectivity index (χ0) is 15.6. The number of β-amino-alcohol motifs (C(OH)–C–C–N with tert-alkyl or cyclic N) is 1. The first-order valence-electron chi connectivity index (χ1n) is 7.49. The van der Waals surface area contributed by atoms with Crippen molar-refractivity contribution in [3.05, 3.63) is 0 Å². The van der Waals surface area contributed by atoms with E-state index in [-0.39, 0.29) is 19.0 Å². The minimum atomic E-state index is -1.04. The maximum absolute atomic E-state index is 12.5. The van der Waals surface area contributed by atoms with Crippen molar-refractivity contribution < 1.29 is 19.8 Å². The fourth-order valence-corrected chi connectivity index (χ4v) is 3.26. The number of hydrogen-bond acceptors (Lipinski definition) is 4. The average molecular weight is 299 g/mol. The number of rotatable bonds is 3. The molecule has 2 atom stereocenters. The van der Waals surface area contributed by atoms with Gasteiger partial charge in [-0.1, -0.05) is 0 Å². The smallest absolute Gasteiger partial charge is 0.326 e. The SMILES string of the molecule is CN(C)CC1CCN(C(=O)N2CC(O)CC2C(=O)O)CC1. The second-order valence-corrected chi connectivity index (χ2v) is 6.37. The van der Waals surface area contributed by atoms with Gasteiger partial charge in [0.05, 0.1) is 6.10 Å². The Morgan fingerprint density at radius 1 is 1.24 bits per heavy atom. The average Bonchev–Trinajstić information content (AvgIpc) is 2.80. The van der Waals surface area contributed by atoms with Crippen LogP contribution in [0.15, 0.2) is 0 Å². The first-order chi connectivity index (χ1) is 9.88. The van der Waals surface area contributed by atoms with Gasteiger partial charge in [0, 0.05) is 32.6 Å². The van der Waals surface area contributed by atoms with Gasteiger partial charge in [-0.2, -0.15) is 0 Å². The highest BCUT2D eigenvalue weighted by Gasteiger charge is 2.41. The molecule has 0 aromatic rings. The number of carbonyl (C=O) groups is 2. The summed E-state index contributed by atoms with van der Waals surface area (Å²) >= 11 is 0. The summed E-state index contributed by atoms with van der Waals surface area (Å²) < 4.78 is 0. The van der Waals surface area contributed by atoms with Crippen LogP contribution in [0, 0.1) is 5.92 Å². The van der Waals surface area contributed by atoms with E-state index in [0.717, 1.165) is 19.4 Å². The standard InChI is InChI=1S/C14H25N3O4/c1-15(2)8-10-3-5-16(6-4-10)14(21)17-9-11(18)7-12(17)13(19)20/h10-12,18H,3-9H2,1-2H3,(H,19,20). The molecule has 2 heterocycles. The van der Waals surface area contributed by atoms with Crippen LogP contribution in [0.25, 0.3) is 0 Å². The number of aliphatic carboxylic acids is 1. The number of likely N-dealkylation sites (tertiary alicyclic amines) is 2. The van der Waals surface area contributed by atoms with E-state index in [9.17, 15) is 14.7 Å². The lowest BCUT2D eigenvalue weighted by Gasteiger charge is -2.36. The Kier molecular flexibility index (Phi) is 5.05. The summed E-state index contributed by atoms with van der Waals surface area (Å²) in [4.78, 5) is 28.8. The Bertz CT molecular complexity index is 394. The number of amides is 2. The van der Waals surface area contributed by atoms with Gasteiger partial charge < -0.3 is 24.9 Å². The van der Waals surface area contributed by atoms with Crippen LogP contribution >= 0.6 is 0 Å². The number of aliphatic hydroxyl groups is 1. The molecule has 0 aliphatic carbocycles. The van der Waals surface area contributed by atoms with Crippen LogP contribution in [-0.4, -0.2) is 89.3 Å². The molecule has 0 aromatic heterocycles. The molecule has 0 radical (unpaired) electrons. The lowest BCUT2D eigenvalue weighted by Crippen LogP contribution is -2.50. The Balaban J connectivity index is 1.91. The maximum Gasteiger partial charge on any atom is 0.326 e. The van der Waals surface area contributed by atoms with Crippen LogP contribution in [0.5, 0.6) is 0 Å². The van der Waals surface area contributed by atoms with E-state index < -0.39 is 18.1 Å². The molecule has 21 heavy (non-hydrogen) atoms. The number of urea groups is 1.